The van der Waals surface area contributed by atoms with E-state index in [4.69, 9.17) is 5.26 Å². The van der Waals surface area contributed by atoms with Gasteiger partial charge in [-0.15, -0.1) is 0 Å². The molecule has 2 aromatic rings. The fourth-order valence-electron chi connectivity index (χ4n) is 2.05. The summed E-state index contributed by atoms with van der Waals surface area (Å²) < 4.78 is 12.9. The molecular formula is C16H12FNO2. The van der Waals surface area contributed by atoms with E-state index in [1.165, 1.54) is 24.3 Å². The largest absolute Gasteiger partial charge is 0.481 e. The molecule has 0 aliphatic rings. The molecule has 0 saturated carbocycles. The van der Waals surface area contributed by atoms with Crippen molar-refractivity contribution in [3.8, 4) is 6.07 Å². The summed E-state index contributed by atoms with van der Waals surface area (Å²) in [5, 5.41) is 18.2. The predicted octanol–water partition coefficient (Wildman–Crippen LogP) is 3.11. The van der Waals surface area contributed by atoms with Crippen molar-refractivity contribution in [1.29, 1.82) is 5.26 Å². The molecular weight excluding hydrogens is 257 g/mol. The van der Waals surface area contributed by atoms with Gasteiger partial charge in [0.05, 0.1) is 17.6 Å². The first-order valence-corrected chi connectivity index (χ1v) is 6.07. The summed E-state index contributed by atoms with van der Waals surface area (Å²) in [7, 11) is 0. The lowest BCUT2D eigenvalue weighted by atomic mass is 9.91. The van der Waals surface area contributed by atoms with Crippen LogP contribution in [0.15, 0.2) is 48.5 Å². The van der Waals surface area contributed by atoms with Gasteiger partial charge in [-0.2, -0.15) is 5.26 Å². The molecule has 1 unspecified atom stereocenters. The zero-order valence-electron chi connectivity index (χ0n) is 10.6. The van der Waals surface area contributed by atoms with Gasteiger partial charge in [0.1, 0.15) is 5.82 Å². The molecule has 0 fully saturated rings. The van der Waals surface area contributed by atoms with Crippen LogP contribution in [0, 0.1) is 17.1 Å². The highest BCUT2D eigenvalue weighted by Gasteiger charge is 2.20. The lowest BCUT2D eigenvalue weighted by molar-refractivity contribution is -0.138. The number of aliphatic carboxylic acids is 1. The maximum Gasteiger partial charge on any atom is 0.311 e. The Morgan fingerprint density at radius 3 is 2.55 bits per heavy atom. The van der Waals surface area contributed by atoms with E-state index in [1.54, 1.807) is 24.3 Å². The summed E-state index contributed by atoms with van der Waals surface area (Å²) >= 11 is 0. The fraction of sp³-hybridized carbons (Fsp3) is 0.125. The van der Waals surface area contributed by atoms with Crippen LogP contribution in [0.25, 0.3) is 0 Å². The number of nitrogens with zero attached hydrogens (tertiary/aromatic N) is 1. The molecule has 0 bridgehead atoms. The van der Waals surface area contributed by atoms with Gasteiger partial charge in [-0.25, -0.2) is 4.39 Å². The maximum absolute atomic E-state index is 12.9. The first kappa shape index (κ1) is 13.8. The van der Waals surface area contributed by atoms with Gasteiger partial charge >= 0.3 is 5.97 Å². The molecule has 20 heavy (non-hydrogen) atoms. The first-order chi connectivity index (χ1) is 9.60. The number of carboxylic acids is 1. The minimum Gasteiger partial charge on any atom is -0.481 e. The Balaban J connectivity index is 2.28. The van der Waals surface area contributed by atoms with E-state index in [2.05, 4.69) is 0 Å². The van der Waals surface area contributed by atoms with Gasteiger partial charge in [0.2, 0.25) is 0 Å². The van der Waals surface area contributed by atoms with Crippen molar-refractivity contribution in [3.63, 3.8) is 0 Å². The molecule has 0 aromatic heterocycles. The number of halogens is 1. The number of nitriles is 1. The highest BCUT2D eigenvalue weighted by Crippen LogP contribution is 2.22. The Morgan fingerprint density at radius 1 is 1.25 bits per heavy atom. The van der Waals surface area contributed by atoms with Crippen LogP contribution in [0.2, 0.25) is 0 Å². The van der Waals surface area contributed by atoms with E-state index in [1.807, 2.05) is 6.07 Å². The molecule has 1 N–H and O–H groups in total. The number of hydrogen-bond donors (Lipinski definition) is 1. The molecule has 0 aliphatic carbocycles. The lowest BCUT2D eigenvalue weighted by Gasteiger charge is -2.13. The Labute approximate surface area is 115 Å². The Bertz CT molecular complexity index is 659. The van der Waals surface area contributed by atoms with Crippen LogP contribution in [0.4, 0.5) is 4.39 Å². The van der Waals surface area contributed by atoms with E-state index < -0.39 is 17.7 Å². The van der Waals surface area contributed by atoms with Crippen LogP contribution >= 0.6 is 0 Å². The molecule has 2 rings (SSSR count). The zero-order chi connectivity index (χ0) is 14.5. The van der Waals surface area contributed by atoms with Crippen molar-refractivity contribution < 1.29 is 14.3 Å². The van der Waals surface area contributed by atoms with Gasteiger partial charge < -0.3 is 5.11 Å². The van der Waals surface area contributed by atoms with Crippen molar-refractivity contribution in [2.24, 2.45) is 0 Å². The summed E-state index contributed by atoms with van der Waals surface area (Å²) in [4.78, 5) is 11.4. The summed E-state index contributed by atoms with van der Waals surface area (Å²) in [6.07, 6.45) is 0.260. The number of rotatable bonds is 4. The van der Waals surface area contributed by atoms with E-state index >= 15 is 0 Å². The van der Waals surface area contributed by atoms with Crippen molar-refractivity contribution in [2.75, 3.05) is 0 Å². The third kappa shape index (κ3) is 3.21. The Hall–Kier alpha value is -2.67. The van der Waals surface area contributed by atoms with Gasteiger partial charge in [0, 0.05) is 0 Å². The van der Waals surface area contributed by atoms with Crippen molar-refractivity contribution in [1.82, 2.24) is 0 Å². The van der Waals surface area contributed by atoms with Crippen LogP contribution in [0.1, 0.15) is 22.6 Å². The van der Waals surface area contributed by atoms with E-state index in [0.717, 1.165) is 5.56 Å². The van der Waals surface area contributed by atoms with Crippen LogP contribution in [-0.2, 0) is 11.2 Å². The fourth-order valence-corrected chi connectivity index (χ4v) is 2.05. The first-order valence-electron chi connectivity index (χ1n) is 6.07. The van der Waals surface area contributed by atoms with E-state index in [9.17, 15) is 14.3 Å². The second kappa shape index (κ2) is 5.98. The molecule has 3 nitrogen and oxygen atoms in total. The predicted molar refractivity (Wildman–Crippen MR) is 71.6 cm³/mol. The van der Waals surface area contributed by atoms with Gasteiger partial charge in [0.15, 0.2) is 0 Å². The van der Waals surface area contributed by atoms with Crippen LogP contribution < -0.4 is 0 Å². The summed E-state index contributed by atoms with van der Waals surface area (Å²) in [6, 6.07) is 14.3. The van der Waals surface area contributed by atoms with Gasteiger partial charge in [-0.1, -0.05) is 24.3 Å². The molecule has 1 atom stereocenters. The third-order valence-corrected chi connectivity index (χ3v) is 3.07. The highest BCUT2D eigenvalue weighted by atomic mass is 19.1. The third-order valence-electron chi connectivity index (χ3n) is 3.07. The van der Waals surface area contributed by atoms with Crippen LogP contribution in [-0.4, -0.2) is 11.1 Å². The van der Waals surface area contributed by atoms with E-state index in [0.29, 0.717) is 11.1 Å². The molecule has 0 spiro atoms. The average molecular weight is 269 g/mol. The minimum atomic E-state index is -0.973. The highest BCUT2D eigenvalue weighted by molar-refractivity contribution is 5.76. The van der Waals surface area contributed by atoms with Crippen molar-refractivity contribution >= 4 is 5.97 Å². The van der Waals surface area contributed by atoms with Crippen molar-refractivity contribution in [3.05, 3.63) is 71.0 Å². The number of carbonyl (C=O) groups is 1. The molecule has 0 radical (unpaired) electrons. The SMILES string of the molecule is N#Cc1cccc(CC(C(=O)O)c2ccc(F)cc2)c1. The van der Waals surface area contributed by atoms with Gasteiger partial charge in [-0.05, 0) is 41.8 Å². The van der Waals surface area contributed by atoms with Gasteiger partial charge in [0.25, 0.3) is 0 Å². The molecule has 0 amide bonds. The minimum absolute atomic E-state index is 0.260. The van der Waals surface area contributed by atoms with Crippen LogP contribution in [0.3, 0.4) is 0 Å². The monoisotopic (exact) mass is 269 g/mol. The molecule has 0 saturated heterocycles. The van der Waals surface area contributed by atoms with Crippen molar-refractivity contribution in [2.45, 2.75) is 12.3 Å². The standard InChI is InChI=1S/C16H12FNO2/c17-14-6-4-13(5-7-14)15(16(19)20)9-11-2-1-3-12(8-11)10-18/h1-8,15H,9H2,(H,19,20). The van der Waals surface area contributed by atoms with Gasteiger partial charge in [-0.3, -0.25) is 4.79 Å². The number of benzene rings is 2. The molecule has 4 heteroatoms. The molecule has 100 valence electrons. The molecule has 2 aromatic carbocycles. The quantitative estimate of drug-likeness (QED) is 0.927. The molecule has 0 aliphatic heterocycles. The normalized spacial score (nSPS) is 11.6. The maximum atomic E-state index is 12.9. The van der Waals surface area contributed by atoms with E-state index in [-0.39, 0.29) is 6.42 Å². The number of hydrogen-bond acceptors (Lipinski definition) is 2. The summed E-state index contributed by atoms with van der Waals surface area (Å²) in [5.41, 5.74) is 1.80. The topological polar surface area (TPSA) is 61.1 Å². The Kier molecular flexibility index (Phi) is 4.11. The summed E-state index contributed by atoms with van der Waals surface area (Å²) in [6.45, 7) is 0. The lowest BCUT2D eigenvalue weighted by Crippen LogP contribution is -2.14. The smallest absolute Gasteiger partial charge is 0.311 e. The summed E-state index contributed by atoms with van der Waals surface area (Å²) in [5.74, 6) is -2.13. The second-order valence-electron chi connectivity index (χ2n) is 4.46. The number of carboxylic acid groups (broad SMARTS) is 1. The average Bonchev–Trinajstić information content (AvgIpc) is 2.46. The zero-order valence-corrected chi connectivity index (χ0v) is 10.6. The Morgan fingerprint density at radius 2 is 1.95 bits per heavy atom. The van der Waals surface area contributed by atoms with Crippen LogP contribution in [0.5, 0.6) is 0 Å². The second-order valence-corrected chi connectivity index (χ2v) is 4.46. The molecule has 0 heterocycles.